The summed E-state index contributed by atoms with van der Waals surface area (Å²) in [5, 5.41) is 0. The van der Waals surface area contributed by atoms with Gasteiger partial charge >= 0.3 is 0 Å². The molecule has 0 aromatic heterocycles. The fourth-order valence-electron chi connectivity index (χ4n) is 1.97. The van der Waals surface area contributed by atoms with E-state index in [1.165, 1.54) is 12.8 Å². The number of nitrogens with two attached hydrogens (primary N) is 1. The minimum absolute atomic E-state index is 0.195. The van der Waals surface area contributed by atoms with Crippen LogP contribution in [0, 0.1) is 0 Å². The molecule has 0 atom stereocenters. The molecule has 1 rings (SSSR count). The number of likely N-dealkylation sites (tertiary alicyclic amines) is 1. The second-order valence-corrected chi connectivity index (χ2v) is 4.96. The third-order valence-corrected chi connectivity index (χ3v) is 2.92. The number of rotatable bonds is 4. The van der Waals surface area contributed by atoms with Crippen LogP contribution in [0.15, 0.2) is 0 Å². The van der Waals surface area contributed by atoms with Crippen LogP contribution in [0.3, 0.4) is 0 Å². The van der Waals surface area contributed by atoms with Crippen LogP contribution in [0.2, 0.25) is 0 Å². The van der Waals surface area contributed by atoms with Crippen molar-refractivity contribution in [1.29, 1.82) is 0 Å². The van der Waals surface area contributed by atoms with Crippen molar-refractivity contribution in [2.45, 2.75) is 25.7 Å². The topological polar surface area (TPSA) is 49.6 Å². The zero-order valence-corrected chi connectivity index (χ0v) is 10.8. The van der Waals surface area contributed by atoms with Gasteiger partial charge in [0.25, 0.3) is 0 Å². The van der Waals surface area contributed by atoms with Crippen molar-refractivity contribution in [2.24, 2.45) is 5.73 Å². The van der Waals surface area contributed by atoms with E-state index in [2.05, 4.69) is 0 Å². The van der Waals surface area contributed by atoms with Crippen LogP contribution in [0.1, 0.15) is 25.7 Å². The van der Waals surface area contributed by atoms with Crippen molar-refractivity contribution in [2.75, 3.05) is 33.2 Å². The van der Waals surface area contributed by atoms with E-state index in [1.807, 2.05) is 16.8 Å². The molecular formula is C11H21N3OS. The molecule has 4 nitrogen and oxygen atoms in total. The molecule has 1 fully saturated rings. The Morgan fingerprint density at radius 3 is 2.31 bits per heavy atom. The van der Waals surface area contributed by atoms with Crippen LogP contribution in [0.4, 0.5) is 0 Å². The van der Waals surface area contributed by atoms with E-state index in [1.54, 1.807) is 0 Å². The summed E-state index contributed by atoms with van der Waals surface area (Å²) in [6.45, 7) is 2.73. The van der Waals surface area contributed by atoms with Gasteiger partial charge in [0.1, 0.15) is 0 Å². The molecule has 92 valence electrons. The molecule has 0 bridgehead atoms. The maximum Gasteiger partial charge on any atom is 0.236 e. The summed E-state index contributed by atoms with van der Waals surface area (Å²) in [5.74, 6) is 0.195. The van der Waals surface area contributed by atoms with Gasteiger partial charge in [0, 0.05) is 19.6 Å². The van der Waals surface area contributed by atoms with Gasteiger partial charge in [-0.2, -0.15) is 0 Å². The number of carbonyl (C=O) groups is 1. The van der Waals surface area contributed by atoms with Crippen molar-refractivity contribution in [3.63, 3.8) is 0 Å². The zero-order chi connectivity index (χ0) is 12.0. The first-order valence-corrected chi connectivity index (χ1v) is 6.25. The number of nitrogens with zero attached hydrogens (tertiary/aromatic N) is 2. The molecule has 1 saturated heterocycles. The number of hydrogen-bond donors (Lipinski definition) is 1. The number of hydrogen-bond acceptors (Lipinski definition) is 3. The van der Waals surface area contributed by atoms with Crippen LogP contribution >= 0.6 is 12.2 Å². The van der Waals surface area contributed by atoms with E-state index in [0.29, 0.717) is 18.1 Å². The number of thiocarbonyl (C=S) groups is 1. The molecule has 0 aromatic rings. The molecule has 0 spiro atoms. The first kappa shape index (κ1) is 13.4. The van der Waals surface area contributed by atoms with E-state index in [9.17, 15) is 4.79 Å². The lowest BCUT2D eigenvalue weighted by molar-refractivity contribution is -0.131. The maximum atomic E-state index is 11.9. The molecule has 5 heteroatoms. The lowest BCUT2D eigenvalue weighted by Gasteiger charge is -2.23. The highest BCUT2D eigenvalue weighted by Crippen LogP contribution is 2.09. The Morgan fingerprint density at radius 2 is 1.81 bits per heavy atom. The predicted octanol–water partition coefficient (Wildman–Crippen LogP) is 0.607. The van der Waals surface area contributed by atoms with Gasteiger partial charge in [-0.25, -0.2) is 0 Å². The fraction of sp³-hybridized carbons (Fsp3) is 0.818. The molecule has 16 heavy (non-hydrogen) atoms. The molecule has 1 amide bonds. The molecule has 0 radical (unpaired) electrons. The highest BCUT2D eigenvalue weighted by atomic mass is 32.1. The third kappa shape index (κ3) is 4.90. The maximum absolute atomic E-state index is 11.9. The van der Waals surface area contributed by atoms with Crippen LogP contribution in [0.5, 0.6) is 0 Å². The van der Waals surface area contributed by atoms with Gasteiger partial charge in [-0.1, -0.05) is 25.1 Å². The van der Waals surface area contributed by atoms with E-state index in [4.69, 9.17) is 18.0 Å². The van der Waals surface area contributed by atoms with Gasteiger partial charge in [0.15, 0.2) is 0 Å². The third-order valence-electron chi connectivity index (χ3n) is 2.79. The van der Waals surface area contributed by atoms with E-state index in [0.717, 1.165) is 25.9 Å². The van der Waals surface area contributed by atoms with Crippen molar-refractivity contribution in [3.05, 3.63) is 0 Å². The Hall–Kier alpha value is -0.680. The normalized spacial score (nSPS) is 17.2. The van der Waals surface area contributed by atoms with Gasteiger partial charge in [-0.15, -0.1) is 0 Å². The van der Waals surface area contributed by atoms with E-state index in [-0.39, 0.29) is 5.91 Å². The second kappa shape index (κ2) is 6.81. The van der Waals surface area contributed by atoms with Gasteiger partial charge in [0.05, 0.1) is 11.5 Å². The van der Waals surface area contributed by atoms with Crippen LogP contribution in [-0.4, -0.2) is 53.9 Å². The van der Waals surface area contributed by atoms with Gasteiger partial charge in [-0.3, -0.25) is 9.69 Å². The molecule has 0 unspecified atom stereocenters. The zero-order valence-electron chi connectivity index (χ0n) is 9.95. The van der Waals surface area contributed by atoms with Crippen LogP contribution < -0.4 is 5.73 Å². The van der Waals surface area contributed by atoms with Gasteiger partial charge in [0.2, 0.25) is 5.91 Å². The highest BCUT2D eigenvalue weighted by Gasteiger charge is 2.16. The molecule has 0 aliphatic carbocycles. The molecule has 2 N–H and O–H groups in total. The molecule has 0 aromatic carbocycles. The van der Waals surface area contributed by atoms with E-state index >= 15 is 0 Å². The Kier molecular flexibility index (Phi) is 5.69. The Labute approximate surface area is 103 Å². The molecule has 0 saturated carbocycles. The number of carbonyl (C=O) groups excluding carboxylic acids is 1. The Bertz CT molecular complexity index is 250. The SMILES string of the molecule is CN(CC(=O)N1CCCCCC1)CC(N)=S. The summed E-state index contributed by atoms with van der Waals surface area (Å²) in [7, 11) is 1.87. The lowest BCUT2D eigenvalue weighted by atomic mass is 10.2. The summed E-state index contributed by atoms with van der Waals surface area (Å²) in [5.41, 5.74) is 5.44. The first-order chi connectivity index (χ1) is 7.59. The monoisotopic (exact) mass is 243 g/mol. The summed E-state index contributed by atoms with van der Waals surface area (Å²) >= 11 is 4.81. The molecule has 1 aliphatic heterocycles. The van der Waals surface area contributed by atoms with Crippen molar-refractivity contribution in [1.82, 2.24) is 9.80 Å². The largest absolute Gasteiger partial charge is 0.392 e. The smallest absolute Gasteiger partial charge is 0.236 e. The van der Waals surface area contributed by atoms with Gasteiger partial charge in [-0.05, 0) is 19.9 Å². The first-order valence-electron chi connectivity index (χ1n) is 5.84. The van der Waals surface area contributed by atoms with Crippen molar-refractivity contribution in [3.8, 4) is 0 Å². The van der Waals surface area contributed by atoms with Crippen molar-refractivity contribution >= 4 is 23.1 Å². The Balaban J connectivity index is 2.34. The van der Waals surface area contributed by atoms with E-state index < -0.39 is 0 Å². The minimum Gasteiger partial charge on any atom is -0.392 e. The Morgan fingerprint density at radius 1 is 1.25 bits per heavy atom. The number of amides is 1. The summed E-state index contributed by atoms with van der Waals surface area (Å²) in [4.78, 5) is 16.2. The predicted molar refractivity (Wildman–Crippen MR) is 69.3 cm³/mol. The standard InChI is InChI=1S/C11H21N3OS/c1-13(8-10(12)16)9-11(15)14-6-4-2-3-5-7-14/h2-9H2,1H3,(H2,12,16). The fourth-order valence-corrected chi connectivity index (χ4v) is 2.19. The number of likely N-dealkylation sites (N-methyl/N-ethyl adjacent to an activating group) is 1. The molecule has 1 aliphatic rings. The van der Waals surface area contributed by atoms with Gasteiger partial charge < -0.3 is 10.6 Å². The van der Waals surface area contributed by atoms with Crippen LogP contribution in [0.25, 0.3) is 0 Å². The highest BCUT2D eigenvalue weighted by molar-refractivity contribution is 7.80. The average molecular weight is 243 g/mol. The summed E-state index contributed by atoms with van der Waals surface area (Å²) in [6, 6.07) is 0. The average Bonchev–Trinajstić information content (AvgIpc) is 2.43. The molecule has 1 heterocycles. The second-order valence-electron chi connectivity index (χ2n) is 4.43. The van der Waals surface area contributed by atoms with Crippen molar-refractivity contribution < 1.29 is 4.79 Å². The summed E-state index contributed by atoms with van der Waals surface area (Å²) in [6.07, 6.45) is 4.74. The minimum atomic E-state index is 0.195. The molecular weight excluding hydrogens is 222 g/mol. The van der Waals surface area contributed by atoms with Crippen LogP contribution in [-0.2, 0) is 4.79 Å². The lowest BCUT2D eigenvalue weighted by Crippen LogP contribution is -2.41. The summed E-state index contributed by atoms with van der Waals surface area (Å²) < 4.78 is 0. The quantitative estimate of drug-likeness (QED) is 0.735.